The van der Waals surface area contributed by atoms with Gasteiger partial charge in [-0.05, 0) is 71.5 Å². The largest absolute Gasteiger partial charge is 0.321 e. The fraction of sp³-hybridized carbons (Fsp3) is 0.185. The zero-order chi connectivity index (χ0) is 25.8. The molecule has 0 saturated heterocycles. The molecule has 0 atom stereocenters. The van der Waals surface area contributed by atoms with Gasteiger partial charge in [0.2, 0.25) is 0 Å². The molecular formula is C27H26ClN3O4. The van der Waals surface area contributed by atoms with Crippen LogP contribution in [-0.4, -0.2) is 16.7 Å². The first kappa shape index (κ1) is 25.6. The van der Waals surface area contributed by atoms with E-state index in [-0.39, 0.29) is 16.8 Å². The second-order valence-electron chi connectivity index (χ2n) is 9.11. The molecule has 0 spiro atoms. The first-order valence-corrected chi connectivity index (χ1v) is 11.3. The summed E-state index contributed by atoms with van der Waals surface area (Å²) in [6, 6.07) is 17.9. The molecule has 0 aliphatic carbocycles. The number of hydrogen-bond donors (Lipinski definition) is 2. The molecule has 3 rings (SSSR count). The predicted molar refractivity (Wildman–Crippen MR) is 139 cm³/mol. The molecule has 0 aliphatic heterocycles. The van der Waals surface area contributed by atoms with E-state index in [4.69, 9.17) is 11.6 Å². The Morgan fingerprint density at radius 2 is 1.60 bits per heavy atom. The third-order valence-corrected chi connectivity index (χ3v) is 5.76. The van der Waals surface area contributed by atoms with E-state index in [0.717, 1.165) is 11.1 Å². The van der Waals surface area contributed by atoms with Crippen molar-refractivity contribution in [2.75, 3.05) is 5.32 Å². The van der Waals surface area contributed by atoms with Gasteiger partial charge in [-0.15, -0.1) is 0 Å². The summed E-state index contributed by atoms with van der Waals surface area (Å²) in [7, 11) is 0. The number of halogens is 1. The molecule has 0 unspecified atom stereocenters. The van der Waals surface area contributed by atoms with Crippen molar-refractivity contribution in [3.8, 4) is 0 Å². The number of aryl methyl sites for hydroxylation is 1. The molecule has 0 fully saturated rings. The van der Waals surface area contributed by atoms with E-state index in [9.17, 15) is 19.7 Å². The maximum absolute atomic E-state index is 13.1. The Balaban J connectivity index is 1.90. The van der Waals surface area contributed by atoms with Gasteiger partial charge in [-0.3, -0.25) is 19.7 Å². The lowest BCUT2D eigenvalue weighted by Crippen LogP contribution is -2.30. The number of rotatable bonds is 6. The van der Waals surface area contributed by atoms with Crippen LogP contribution in [0.2, 0.25) is 5.02 Å². The number of anilines is 1. The van der Waals surface area contributed by atoms with Gasteiger partial charge < -0.3 is 10.6 Å². The van der Waals surface area contributed by atoms with Crippen molar-refractivity contribution >= 4 is 40.9 Å². The van der Waals surface area contributed by atoms with Crippen molar-refractivity contribution < 1.29 is 14.5 Å². The zero-order valence-corrected chi connectivity index (χ0v) is 20.6. The second-order valence-corrected chi connectivity index (χ2v) is 9.51. The first-order chi connectivity index (χ1) is 16.4. The number of benzene rings is 3. The van der Waals surface area contributed by atoms with Crippen LogP contribution in [0.25, 0.3) is 6.08 Å². The number of non-ortho nitro benzene ring substituents is 1. The predicted octanol–water partition coefficient (Wildman–Crippen LogP) is 6.26. The average Bonchev–Trinajstić information content (AvgIpc) is 2.80. The van der Waals surface area contributed by atoms with Crippen LogP contribution < -0.4 is 10.6 Å². The van der Waals surface area contributed by atoms with Gasteiger partial charge in [-0.1, -0.05) is 50.6 Å². The Morgan fingerprint density at radius 1 is 0.971 bits per heavy atom. The summed E-state index contributed by atoms with van der Waals surface area (Å²) in [5.41, 5.74) is 3.12. The van der Waals surface area contributed by atoms with Crippen molar-refractivity contribution in [2.45, 2.75) is 33.1 Å². The molecule has 7 nitrogen and oxygen atoms in total. The van der Waals surface area contributed by atoms with Gasteiger partial charge in [0.1, 0.15) is 5.70 Å². The highest BCUT2D eigenvalue weighted by Crippen LogP contribution is 2.23. The number of nitro benzene ring substituents is 1. The molecule has 0 aliphatic rings. The summed E-state index contributed by atoms with van der Waals surface area (Å²) >= 11 is 6.17. The smallest absolute Gasteiger partial charge is 0.272 e. The minimum absolute atomic E-state index is 0.0274. The molecule has 35 heavy (non-hydrogen) atoms. The molecular weight excluding hydrogens is 466 g/mol. The average molecular weight is 492 g/mol. The molecule has 0 radical (unpaired) electrons. The lowest BCUT2D eigenvalue weighted by molar-refractivity contribution is -0.384. The molecule has 8 heteroatoms. The Kier molecular flexibility index (Phi) is 7.71. The molecule has 0 bridgehead atoms. The van der Waals surface area contributed by atoms with Crippen LogP contribution in [0.15, 0.2) is 72.4 Å². The third-order valence-electron chi connectivity index (χ3n) is 5.35. The van der Waals surface area contributed by atoms with Crippen LogP contribution in [0, 0.1) is 17.0 Å². The summed E-state index contributed by atoms with van der Waals surface area (Å²) in [6.45, 7) is 8.08. The number of carbonyl (C=O) groups excluding carboxylic acids is 2. The fourth-order valence-electron chi connectivity index (χ4n) is 3.20. The van der Waals surface area contributed by atoms with E-state index in [2.05, 4.69) is 31.4 Å². The monoisotopic (exact) mass is 491 g/mol. The fourth-order valence-corrected chi connectivity index (χ4v) is 3.38. The van der Waals surface area contributed by atoms with Crippen molar-refractivity contribution in [3.63, 3.8) is 0 Å². The van der Waals surface area contributed by atoms with Crippen molar-refractivity contribution in [1.82, 2.24) is 5.32 Å². The lowest BCUT2D eigenvalue weighted by Gasteiger charge is -2.19. The minimum Gasteiger partial charge on any atom is -0.321 e. The maximum atomic E-state index is 13.1. The first-order valence-electron chi connectivity index (χ1n) is 10.9. The topological polar surface area (TPSA) is 101 Å². The van der Waals surface area contributed by atoms with Crippen LogP contribution >= 0.6 is 11.6 Å². The zero-order valence-electron chi connectivity index (χ0n) is 19.9. The Labute approximate surface area is 209 Å². The Hall–Kier alpha value is -3.97. The Bertz CT molecular complexity index is 1290. The lowest BCUT2D eigenvalue weighted by atomic mass is 9.87. The number of nitrogens with zero attached hydrogens (tertiary/aromatic N) is 1. The normalized spacial score (nSPS) is 11.6. The van der Waals surface area contributed by atoms with Gasteiger partial charge >= 0.3 is 0 Å². The maximum Gasteiger partial charge on any atom is 0.272 e. The number of carbonyl (C=O) groups is 2. The van der Waals surface area contributed by atoms with Crippen molar-refractivity contribution in [1.29, 1.82) is 0 Å². The highest BCUT2D eigenvalue weighted by Gasteiger charge is 2.18. The molecule has 0 aromatic heterocycles. The summed E-state index contributed by atoms with van der Waals surface area (Å²) in [5, 5.41) is 16.8. The standard InChI is InChI=1S/C27H26ClN3O4/c1-17-5-12-21(16-23(17)28)29-26(33)24(15-18-6-13-22(14-7-18)31(34)35)30-25(32)19-8-10-20(11-9-19)27(2,3)4/h5-16H,1-4H3,(H,29,33)(H,30,32). The van der Waals surface area contributed by atoms with Crippen LogP contribution in [-0.2, 0) is 10.2 Å². The molecule has 180 valence electrons. The number of nitro groups is 1. The van der Waals surface area contributed by atoms with Crippen molar-refractivity contribution in [2.24, 2.45) is 0 Å². The van der Waals surface area contributed by atoms with Gasteiger partial charge in [0, 0.05) is 28.4 Å². The van der Waals surface area contributed by atoms with Crippen LogP contribution in [0.3, 0.4) is 0 Å². The van der Waals surface area contributed by atoms with Gasteiger partial charge in [0.05, 0.1) is 4.92 Å². The number of amides is 2. The van der Waals surface area contributed by atoms with E-state index in [1.165, 1.54) is 30.3 Å². The van der Waals surface area contributed by atoms with E-state index >= 15 is 0 Å². The molecule has 2 amide bonds. The van der Waals surface area contributed by atoms with E-state index in [1.54, 1.807) is 30.3 Å². The summed E-state index contributed by atoms with van der Waals surface area (Å²) in [4.78, 5) is 36.5. The highest BCUT2D eigenvalue weighted by molar-refractivity contribution is 6.31. The third kappa shape index (κ3) is 6.77. The Morgan fingerprint density at radius 3 is 2.14 bits per heavy atom. The van der Waals surface area contributed by atoms with E-state index < -0.39 is 16.7 Å². The molecule has 2 N–H and O–H groups in total. The summed E-state index contributed by atoms with van der Waals surface area (Å²) in [5.74, 6) is -1.03. The number of nitrogens with one attached hydrogen (secondary N) is 2. The van der Waals surface area contributed by atoms with E-state index in [0.29, 0.717) is 21.8 Å². The van der Waals surface area contributed by atoms with Gasteiger partial charge in [0.25, 0.3) is 17.5 Å². The quantitative estimate of drug-likeness (QED) is 0.241. The molecule has 0 heterocycles. The molecule has 3 aromatic rings. The summed E-state index contributed by atoms with van der Waals surface area (Å²) in [6.07, 6.45) is 1.45. The van der Waals surface area contributed by atoms with Crippen LogP contribution in [0.1, 0.15) is 47.8 Å². The minimum atomic E-state index is -0.567. The number of hydrogen-bond acceptors (Lipinski definition) is 4. The SMILES string of the molecule is Cc1ccc(NC(=O)C(=Cc2ccc([N+](=O)[O-])cc2)NC(=O)c2ccc(C(C)(C)C)cc2)cc1Cl. The van der Waals surface area contributed by atoms with Crippen LogP contribution in [0.4, 0.5) is 11.4 Å². The molecule has 3 aromatic carbocycles. The molecule has 0 saturated carbocycles. The highest BCUT2D eigenvalue weighted by atomic mass is 35.5. The van der Waals surface area contributed by atoms with Gasteiger partial charge in [-0.2, -0.15) is 0 Å². The second kappa shape index (κ2) is 10.5. The van der Waals surface area contributed by atoms with Gasteiger partial charge in [-0.25, -0.2) is 0 Å². The summed E-state index contributed by atoms with van der Waals surface area (Å²) < 4.78 is 0. The van der Waals surface area contributed by atoms with Crippen molar-refractivity contribution in [3.05, 3.63) is 110 Å². The van der Waals surface area contributed by atoms with Crippen LogP contribution in [0.5, 0.6) is 0 Å². The van der Waals surface area contributed by atoms with Gasteiger partial charge in [0.15, 0.2) is 0 Å². The van der Waals surface area contributed by atoms with E-state index in [1.807, 2.05) is 19.1 Å².